The smallest absolute Gasteiger partial charge is 0.0900 e. The molecule has 1 N–H and O–H groups in total. The van der Waals surface area contributed by atoms with Crippen molar-refractivity contribution in [1.82, 2.24) is 10.3 Å². The fourth-order valence-electron chi connectivity index (χ4n) is 1.37. The number of thiazole rings is 1. The second-order valence-electron chi connectivity index (χ2n) is 4.69. The van der Waals surface area contributed by atoms with Crippen LogP contribution in [0.1, 0.15) is 37.6 Å². The minimum atomic E-state index is 0.533. The number of nitrogens with one attached hydrogen (secondary N) is 1. The molecule has 0 bridgehead atoms. The first-order chi connectivity index (χ1) is 7.49. The van der Waals surface area contributed by atoms with Crippen LogP contribution < -0.4 is 5.32 Å². The van der Waals surface area contributed by atoms with E-state index in [9.17, 15) is 0 Å². The summed E-state index contributed by atoms with van der Waals surface area (Å²) in [5, 5.41) is 4.60. The van der Waals surface area contributed by atoms with Crippen molar-refractivity contribution in [2.75, 3.05) is 6.54 Å². The van der Waals surface area contributed by atoms with E-state index in [4.69, 9.17) is 0 Å². The zero-order chi connectivity index (χ0) is 12.1. The van der Waals surface area contributed by atoms with Crippen molar-refractivity contribution in [2.45, 2.75) is 40.7 Å². The van der Waals surface area contributed by atoms with Crippen LogP contribution in [0.25, 0.3) is 6.08 Å². The van der Waals surface area contributed by atoms with E-state index in [2.05, 4.69) is 44.1 Å². The predicted octanol–water partition coefficient (Wildman–Crippen LogP) is 3.49. The lowest BCUT2D eigenvalue weighted by Gasteiger charge is -2.14. The molecule has 1 heterocycles. The van der Waals surface area contributed by atoms with Crippen LogP contribution in [-0.2, 0) is 0 Å². The van der Waals surface area contributed by atoms with Crippen LogP contribution in [0, 0.1) is 12.8 Å². The van der Waals surface area contributed by atoms with Crippen molar-refractivity contribution in [3.8, 4) is 0 Å². The number of aromatic nitrogens is 1. The number of hydrogen-bond acceptors (Lipinski definition) is 3. The third kappa shape index (κ3) is 4.45. The van der Waals surface area contributed by atoms with Crippen LogP contribution in [0.2, 0.25) is 0 Å². The lowest BCUT2D eigenvalue weighted by atomic mass is 10.0. The Bertz CT molecular complexity index is 351. The molecule has 0 aliphatic rings. The zero-order valence-electron chi connectivity index (χ0n) is 10.9. The number of nitrogens with zero attached hydrogens (tertiary/aromatic N) is 1. The quantitative estimate of drug-likeness (QED) is 0.849. The molecule has 0 saturated heterocycles. The molecule has 1 aromatic rings. The molecule has 0 saturated carbocycles. The topological polar surface area (TPSA) is 24.9 Å². The Labute approximate surface area is 103 Å². The highest BCUT2D eigenvalue weighted by Gasteiger charge is 2.05. The first-order valence-electron chi connectivity index (χ1n) is 5.85. The molecule has 3 heteroatoms. The molecule has 0 amide bonds. The van der Waals surface area contributed by atoms with Gasteiger partial charge in [-0.1, -0.05) is 33.3 Å². The highest BCUT2D eigenvalue weighted by atomic mass is 32.1. The molecule has 0 aliphatic carbocycles. The molecule has 0 atom stereocenters. The highest BCUT2D eigenvalue weighted by molar-refractivity contribution is 7.12. The van der Waals surface area contributed by atoms with Gasteiger partial charge in [0.2, 0.25) is 0 Å². The average Bonchev–Trinajstić information content (AvgIpc) is 2.57. The van der Waals surface area contributed by atoms with E-state index < -0.39 is 0 Å². The SMILES string of the molecule is Cc1ncc(C=C(CNC(C)C)C(C)C)s1. The van der Waals surface area contributed by atoms with Gasteiger partial charge in [0, 0.05) is 23.7 Å². The van der Waals surface area contributed by atoms with Gasteiger partial charge in [0.05, 0.1) is 5.01 Å². The molecule has 90 valence electrons. The van der Waals surface area contributed by atoms with Gasteiger partial charge in [-0.3, -0.25) is 0 Å². The van der Waals surface area contributed by atoms with Gasteiger partial charge >= 0.3 is 0 Å². The Hall–Kier alpha value is -0.670. The lowest BCUT2D eigenvalue weighted by molar-refractivity contribution is 0.593. The number of aryl methyl sites for hydroxylation is 1. The van der Waals surface area contributed by atoms with Crippen molar-refractivity contribution in [2.24, 2.45) is 5.92 Å². The fraction of sp³-hybridized carbons (Fsp3) is 0.615. The van der Waals surface area contributed by atoms with Crippen molar-refractivity contribution >= 4 is 17.4 Å². The van der Waals surface area contributed by atoms with E-state index in [1.165, 1.54) is 10.5 Å². The lowest BCUT2D eigenvalue weighted by Crippen LogP contribution is -2.26. The van der Waals surface area contributed by atoms with Gasteiger partial charge < -0.3 is 5.32 Å². The summed E-state index contributed by atoms with van der Waals surface area (Å²) in [6, 6.07) is 0.533. The highest BCUT2D eigenvalue weighted by Crippen LogP contribution is 2.19. The van der Waals surface area contributed by atoms with E-state index in [-0.39, 0.29) is 0 Å². The molecule has 1 rings (SSSR count). The Morgan fingerprint density at radius 1 is 1.44 bits per heavy atom. The second-order valence-corrected chi connectivity index (χ2v) is 5.96. The molecule has 0 aliphatic heterocycles. The summed E-state index contributed by atoms with van der Waals surface area (Å²) in [5.74, 6) is 0.577. The molecule has 0 unspecified atom stereocenters. The van der Waals surface area contributed by atoms with Crippen LogP contribution in [0.4, 0.5) is 0 Å². The van der Waals surface area contributed by atoms with E-state index in [1.807, 2.05) is 13.1 Å². The Morgan fingerprint density at radius 3 is 2.56 bits per heavy atom. The Kier molecular flexibility index (Phi) is 5.16. The summed E-state index contributed by atoms with van der Waals surface area (Å²) in [4.78, 5) is 5.53. The monoisotopic (exact) mass is 238 g/mol. The molecule has 1 aromatic heterocycles. The fourth-order valence-corrected chi connectivity index (χ4v) is 2.13. The normalized spacial score (nSPS) is 12.8. The van der Waals surface area contributed by atoms with Gasteiger partial charge in [0.15, 0.2) is 0 Å². The third-order valence-electron chi connectivity index (χ3n) is 2.42. The minimum absolute atomic E-state index is 0.533. The molecular formula is C13H22N2S. The maximum absolute atomic E-state index is 4.28. The first-order valence-corrected chi connectivity index (χ1v) is 6.67. The summed E-state index contributed by atoms with van der Waals surface area (Å²) in [6.07, 6.45) is 4.22. The second kappa shape index (κ2) is 6.16. The van der Waals surface area contributed by atoms with Crippen molar-refractivity contribution in [3.63, 3.8) is 0 Å². The van der Waals surface area contributed by atoms with Gasteiger partial charge in [0.1, 0.15) is 0 Å². The predicted molar refractivity (Wildman–Crippen MR) is 72.8 cm³/mol. The first kappa shape index (κ1) is 13.4. The maximum Gasteiger partial charge on any atom is 0.0900 e. The summed E-state index contributed by atoms with van der Waals surface area (Å²) < 4.78 is 0. The summed E-state index contributed by atoms with van der Waals surface area (Å²) in [6.45, 7) is 11.8. The largest absolute Gasteiger partial charge is 0.311 e. The Balaban J connectivity index is 2.73. The van der Waals surface area contributed by atoms with Gasteiger partial charge in [-0.15, -0.1) is 11.3 Å². The number of rotatable bonds is 5. The van der Waals surface area contributed by atoms with Crippen molar-refractivity contribution in [1.29, 1.82) is 0 Å². The molecule has 0 spiro atoms. The van der Waals surface area contributed by atoms with Gasteiger partial charge in [-0.2, -0.15) is 0 Å². The van der Waals surface area contributed by atoms with Crippen LogP contribution in [-0.4, -0.2) is 17.6 Å². The van der Waals surface area contributed by atoms with Crippen LogP contribution in [0.15, 0.2) is 11.8 Å². The molecular weight excluding hydrogens is 216 g/mol. The average molecular weight is 238 g/mol. The zero-order valence-corrected chi connectivity index (χ0v) is 11.7. The maximum atomic E-state index is 4.28. The molecule has 0 radical (unpaired) electrons. The molecule has 0 fully saturated rings. The third-order valence-corrected chi connectivity index (χ3v) is 3.28. The van der Waals surface area contributed by atoms with E-state index in [0.717, 1.165) is 11.6 Å². The number of hydrogen-bond donors (Lipinski definition) is 1. The minimum Gasteiger partial charge on any atom is -0.311 e. The summed E-state index contributed by atoms with van der Waals surface area (Å²) >= 11 is 1.75. The van der Waals surface area contributed by atoms with Gasteiger partial charge in [0.25, 0.3) is 0 Å². The van der Waals surface area contributed by atoms with Crippen LogP contribution >= 0.6 is 11.3 Å². The van der Waals surface area contributed by atoms with Gasteiger partial charge in [-0.25, -0.2) is 4.98 Å². The standard InChI is InChI=1S/C13H22N2S/c1-9(2)12(7-14-10(3)4)6-13-8-15-11(5)16-13/h6,8-10,14H,7H2,1-5H3. The van der Waals surface area contributed by atoms with E-state index in [0.29, 0.717) is 12.0 Å². The summed E-state index contributed by atoms with van der Waals surface area (Å²) in [5.41, 5.74) is 1.44. The van der Waals surface area contributed by atoms with Crippen molar-refractivity contribution in [3.05, 3.63) is 21.7 Å². The molecule has 2 nitrogen and oxygen atoms in total. The summed E-state index contributed by atoms with van der Waals surface area (Å²) in [7, 11) is 0. The van der Waals surface area contributed by atoms with E-state index >= 15 is 0 Å². The van der Waals surface area contributed by atoms with E-state index in [1.54, 1.807) is 11.3 Å². The van der Waals surface area contributed by atoms with Crippen LogP contribution in [0.5, 0.6) is 0 Å². The van der Waals surface area contributed by atoms with Gasteiger partial charge in [-0.05, 0) is 18.9 Å². The molecule has 0 aromatic carbocycles. The Morgan fingerprint density at radius 2 is 2.12 bits per heavy atom. The molecule has 16 heavy (non-hydrogen) atoms. The van der Waals surface area contributed by atoms with Crippen LogP contribution in [0.3, 0.4) is 0 Å². The van der Waals surface area contributed by atoms with Crippen molar-refractivity contribution < 1.29 is 0 Å².